The maximum absolute atomic E-state index is 11.6. The molecule has 0 aliphatic rings. The smallest absolute Gasteiger partial charge is 0.335 e. The van der Waals surface area contributed by atoms with Crippen LogP contribution < -0.4 is 5.32 Å². The molecular formula is C12H15NO4S. The van der Waals surface area contributed by atoms with Crippen LogP contribution in [0.4, 0.5) is 0 Å². The quantitative estimate of drug-likeness (QED) is 0.751. The van der Waals surface area contributed by atoms with Crippen molar-refractivity contribution in [2.75, 3.05) is 18.6 Å². The number of carbonyl (C=O) groups excluding carboxylic acids is 1. The molecular weight excluding hydrogens is 254 g/mol. The maximum Gasteiger partial charge on any atom is 0.335 e. The average Bonchev–Trinajstić information content (AvgIpc) is 2.34. The van der Waals surface area contributed by atoms with E-state index in [1.165, 1.54) is 24.3 Å². The third-order valence-electron chi connectivity index (χ3n) is 2.29. The molecule has 0 spiro atoms. The summed E-state index contributed by atoms with van der Waals surface area (Å²) < 4.78 is 10.8. The van der Waals surface area contributed by atoms with Gasteiger partial charge in [0.1, 0.15) is 0 Å². The largest absolute Gasteiger partial charge is 0.478 e. The summed E-state index contributed by atoms with van der Waals surface area (Å²) >= 11 is 0. The van der Waals surface area contributed by atoms with Gasteiger partial charge < -0.3 is 10.4 Å². The molecule has 0 fully saturated rings. The van der Waals surface area contributed by atoms with E-state index in [4.69, 9.17) is 5.11 Å². The first-order chi connectivity index (χ1) is 8.50. The van der Waals surface area contributed by atoms with Gasteiger partial charge in [-0.05, 0) is 30.7 Å². The zero-order chi connectivity index (χ0) is 13.5. The van der Waals surface area contributed by atoms with Crippen molar-refractivity contribution in [1.82, 2.24) is 5.32 Å². The van der Waals surface area contributed by atoms with E-state index in [1.807, 2.05) is 0 Å². The second-order valence-corrected chi connectivity index (χ2v) is 5.32. The standard InChI is InChI=1S/C12H15NO4S/c1-18(17)8-2-7-13-11(14)9-3-5-10(6-4-9)12(15)16/h3-6H,2,7-8H2,1H3,(H,13,14)(H,15,16). The number of benzene rings is 1. The predicted octanol–water partition coefficient (Wildman–Crippen LogP) is 0.883. The fourth-order valence-electron chi connectivity index (χ4n) is 1.34. The first-order valence-corrected chi connectivity index (χ1v) is 7.15. The molecule has 1 rings (SSSR count). The molecule has 1 atom stereocenters. The van der Waals surface area contributed by atoms with E-state index < -0.39 is 16.8 Å². The number of carboxylic acids is 1. The van der Waals surface area contributed by atoms with Gasteiger partial charge in [0, 0.05) is 34.9 Å². The Bertz CT molecular complexity index is 456. The fourth-order valence-corrected chi connectivity index (χ4v) is 1.89. The topological polar surface area (TPSA) is 83.5 Å². The van der Waals surface area contributed by atoms with Gasteiger partial charge >= 0.3 is 5.97 Å². The number of carbonyl (C=O) groups is 2. The van der Waals surface area contributed by atoms with Crippen LogP contribution in [0.15, 0.2) is 24.3 Å². The van der Waals surface area contributed by atoms with Gasteiger partial charge in [0.25, 0.3) is 5.91 Å². The van der Waals surface area contributed by atoms with Crippen molar-refractivity contribution in [2.24, 2.45) is 0 Å². The Morgan fingerprint density at radius 3 is 2.28 bits per heavy atom. The van der Waals surface area contributed by atoms with Crippen LogP contribution in [-0.2, 0) is 10.8 Å². The first-order valence-electron chi connectivity index (χ1n) is 5.42. The number of hydrogen-bond donors (Lipinski definition) is 2. The molecule has 1 unspecified atom stereocenters. The Morgan fingerprint density at radius 2 is 1.78 bits per heavy atom. The molecule has 0 bridgehead atoms. The lowest BCUT2D eigenvalue weighted by molar-refractivity contribution is 0.0696. The van der Waals surface area contributed by atoms with Crippen LogP contribution >= 0.6 is 0 Å². The van der Waals surface area contributed by atoms with E-state index >= 15 is 0 Å². The number of rotatable bonds is 6. The van der Waals surface area contributed by atoms with E-state index in [0.717, 1.165) is 0 Å². The highest BCUT2D eigenvalue weighted by Gasteiger charge is 2.07. The number of aromatic carboxylic acids is 1. The summed E-state index contributed by atoms with van der Waals surface area (Å²) in [6, 6.07) is 5.71. The lowest BCUT2D eigenvalue weighted by Gasteiger charge is -2.04. The second kappa shape index (κ2) is 6.90. The number of amides is 1. The Balaban J connectivity index is 2.46. The van der Waals surface area contributed by atoms with Gasteiger partial charge in [0.2, 0.25) is 0 Å². The Labute approximate surface area is 108 Å². The van der Waals surface area contributed by atoms with Crippen LogP contribution in [-0.4, -0.2) is 39.7 Å². The molecule has 0 saturated heterocycles. The van der Waals surface area contributed by atoms with Gasteiger partial charge in [-0.3, -0.25) is 9.00 Å². The molecule has 2 N–H and O–H groups in total. The summed E-state index contributed by atoms with van der Waals surface area (Å²) in [5.41, 5.74) is 0.561. The highest BCUT2D eigenvalue weighted by Crippen LogP contribution is 2.04. The Hall–Kier alpha value is -1.69. The SMILES string of the molecule is CS(=O)CCCNC(=O)c1ccc(C(=O)O)cc1. The molecule has 0 aromatic heterocycles. The summed E-state index contributed by atoms with van der Waals surface area (Å²) in [5, 5.41) is 11.4. The molecule has 1 amide bonds. The van der Waals surface area contributed by atoms with E-state index in [2.05, 4.69) is 5.32 Å². The van der Waals surface area contributed by atoms with E-state index in [1.54, 1.807) is 6.26 Å². The summed E-state index contributed by atoms with van der Waals surface area (Å²) in [4.78, 5) is 22.3. The van der Waals surface area contributed by atoms with Crippen LogP contribution in [0.1, 0.15) is 27.1 Å². The molecule has 6 heteroatoms. The van der Waals surface area contributed by atoms with Gasteiger partial charge in [0.05, 0.1) is 5.56 Å². The zero-order valence-electron chi connectivity index (χ0n) is 10.0. The van der Waals surface area contributed by atoms with E-state index in [-0.39, 0.29) is 11.5 Å². The van der Waals surface area contributed by atoms with Crippen molar-refractivity contribution < 1.29 is 18.9 Å². The average molecular weight is 269 g/mol. The second-order valence-electron chi connectivity index (χ2n) is 3.77. The van der Waals surface area contributed by atoms with Gasteiger partial charge in [-0.2, -0.15) is 0 Å². The van der Waals surface area contributed by atoms with Crippen molar-refractivity contribution in [3.05, 3.63) is 35.4 Å². The van der Waals surface area contributed by atoms with Gasteiger partial charge in [-0.1, -0.05) is 0 Å². The molecule has 0 aliphatic carbocycles. The molecule has 1 aromatic carbocycles. The van der Waals surface area contributed by atoms with Gasteiger partial charge in [-0.15, -0.1) is 0 Å². The summed E-state index contributed by atoms with van der Waals surface area (Å²) in [7, 11) is -0.850. The van der Waals surface area contributed by atoms with Crippen LogP contribution in [0.2, 0.25) is 0 Å². The third kappa shape index (κ3) is 4.67. The molecule has 0 saturated carbocycles. The van der Waals surface area contributed by atoms with Gasteiger partial charge in [0.15, 0.2) is 0 Å². The van der Waals surface area contributed by atoms with Crippen LogP contribution in [0.25, 0.3) is 0 Å². The summed E-state index contributed by atoms with van der Waals surface area (Å²) in [6.45, 7) is 0.457. The van der Waals surface area contributed by atoms with Crippen molar-refractivity contribution in [3.63, 3.8) is 0 Å². The third-order valence-corrected chi connectivity index (χ3v) is 3.15. The van der Waals surface area contributed by atoms with Crippen molar-refractivity contribution in [3.8, 4) is 0 Å². The van der Waals surface area contributed by atoms with Crippen molar-refractivity contribution >= 4 is 22.7 Å². The highest BCUT2D eigenvalue weighted by molar-refractivity contribution is 7.84. The lowest BCUT2D eigenvalue weighted by atomic mass is 10.1. The van der Waals surface area contributed by atoms with Crippen LogP contribution in [0.5, 0.6) is 0 Å². The predicted molar refractivity (Wildman–Crippen MR) is 69.3 cm³/mol. The monoisotopic (exact) mass is 269 g/mol. The molecule has 0 aliphatic heterocycles. The van der Waals surface area contributed by atoms with Crippen molar-refractivity contribution in [2.45, 2.75) is 6.42 Å². The molecule has 0 radical (unpaired) electrons. The Kier molecular flexibility index (Phi) is 5.51. The maximum atomic E-state index is 11.6. The van der Waals surface area contributed by atoms with E-state index in [0.29, 0.717) is 24.3 Å². The minimum absolute atomic E-state index is 0.146. The van der Waals surface area contributed by atoms with Crippen molar-refractivity contribution in [1.29, 1.82) is 0 Å². The number of nitrogens with one attached hydrogen (secondary N) is 1. The lowest BCUT2D eigenvalue weighted by Crippen LogP contribution is -2.25. The fraction of sp³-hybridized carbons (Fsp3) is 0.333. The number of carboxylic acid groups (broad SMARTS) is 1. The minimum atomic E-state index is -1.02. The van der Waals surface area contributed by atoms with Crippen LogP contribution in [0, 0.1) is 0 Å². The van der Waals surface area contributed by atoms with E-state index in [9.17, 15) is 13.8 Å². The minimum Gasteiger partial charge on any atom is -0.478 e. The molecule has 18 heavy (non-hydrogen) atoms. The molecule has 98 valence electrons. The Morgan fingerprint density at radius 1 is 1.22 bits per heavy atom. The zero-order valence-corrected chi connectivity index (χ0v) is 10.8. The first kappa shape index (κ1) is 14.4. The highest BCUT2D eigenvalue weighted by atomic mass is 32.2. The molecule has 1 aromatic rings. The molecule has 0 heterocycles. The summed E-state index contributed by atoms with van der Waals surface area (Å²) in [5.74, 6) is -0.723. The molecule has 5 nitrogen and oxygen atoms in total. The number of hydrogen-bond acceptors (Lipinski definition) is 3. The normalized spacial score (nSPS) is 11.8. The summed E-state index contributed by atoms with van der Waals surface area (Å²) in [6.07, 6.45) is 2.27. The van der Waals surface area contributed by atoms with Gasteiger partial charge in [-0.25, -0.2) is 4.79 Å². The van der Waals surface area contributed by atoms with Crippen LogP contribution in [0.3, 0.4) is 0 Å².